The summed E-state index contributed by atoms with van der Waals surface area (Å²) in [5.41, 5.74) is -0.460. The lowest BCUT2D eigenvalue weighted by Gasteiger charge is -2.26. The van der Waals surface area contributed by atoms with Crippen LogP contribution in [0.5, 0.6) is 0 Å². The molecule has 1 atom stereocenters. The molecule has 84 valence electrons. The third kappa shape index (κ3) is 4.79. The van der Waals surface area contributed by atoms with Crippen LogP contribution in [0.25, 0.3) is 0 Å². The molecule has 0 saturated carbocycles. The van der Waals surface area contributed by atoms with Crippen molar-refractivity contribution in [1.82, 2.24) is 0 Å². The second-order valence-electron chi connectivity index (χ2n) is 3.97. The number of esters is 1. The molecule has 0 aromatic carbocycles. The lowest BCUT2D eigenvalue weighted by molar-refractivity contribution is -0.181. The Balaban J connectivity index is 0.00000169. The smallest absolute Gasteiger partial charge is 0.338 e. The molecule has 1 unspecified atom stereocenters. The Labute approximate surface area is 90.3 Å². The van der Waals surface area contributed by atoms with Crippen LogP contribution in [-0.2, 0) is 19.0 Å². The van der Waals surface area contributed by atoms with Gasteiger partial charge in [-0.2, -0.15) is 0 Å². The highest BCUT2D eigenvalue weighted by molar-refractivity contribution is 5.85. The molecule has 1 heterocycles. The van der Waals surface area contributed by atoms with Crippen LogP contribution in [0.15, 0.2) is 0 Å². The van der Waals surface area contributed by atoms with Gasteiger partial charge in [0.05, 0.1) is 19.8 Å². The van der Waals surface area contributed by atoms with E-state index in [4.69, 9.17) is 14.2 Å². The van der Waals surface area contributed by atoms with Crippen LogP contribution in [0.2, 0.25) is 0 Å². The van der Waals surface area contributed by atoms with Crippen molar-refractivity contribution < 1.29 is 19.0 Å². The fourth-order valence-corrected chi connectivity index (χ4v) is 0.991. The molecule has 0 N–H and O–H groups in total. The average Bonchev–Trinajstić information content (AvgIpc) is 2.03. The van der Waals surface area contributed by atoms with Crippen LogP contribution in [0.4, 0.5) is 0 Å². The summed E-state index contributed by atoms with van der Waals surface area (Å²) < 4.78 is 15.4. The van der Waals surface area contributed by atoms with Gasteiger partial charge in [-0.3, -0.25) is 0 Å². The summed E-state index contributed by atoms with van der Waals surface area (Å²) in [7, 11) is 0. The van der Waals surface area contributed by atoms with Crippen molar-refractivity contribution in [2.75, 3.05) is 19.8 Å². The lowest BCUT2D eigenvalue weighted by atomic mass is 10.2. The van der Waals surface area contributed by atoms with Crippen LogP contribution in [-0.4, -0.2) is 37.5 Å². The molecule has 0 aromatic rings. The third-order valence-corrected chi connectivity index (χ3v) is 1.49. The van der Waals surface area contributed by atoms with Gasteiger partial charge in [0.2, 0.25) is 0 Å². The van der Waals surface area contributed by atoms with E-state index in [2.05, 4.69) is 0 Å². The van der Waals surface area contributed by atoms with Gasteiger partial charge in [0.1, 0.15) is 5.60 Å². The SMILES string of the molecule is CC(C)(C)OC(=O)C1COCCO1.Cl. The second-order valence-corrected chi connectivity index (χ2v) is 3.97. The molecule has 0 bridgehead atoms. The molecule has 0 spiro atoms. The van der Waals surface area contributed by atoms with Gasteiger partial charge in [-0.15, -0.1) is 12.4 Å². The largest absolute Gasteiger partial charge is 0.458 e. The van der Waals surface area contributed by atoms with Gasteiger partial charge in [-0.05, 0) is 20.8 Å². The Morgan fingerprint density at radius 2 is 2.00 bits per heavy atom. The van der Waals surface area contributed by atoms with Gasteiger partial charge in [0.25, 0.3) is 0 Å². The molecule has 14 heavy (non-hydrogen) atoms. The van der Waals surface area contributed by atoms with Crippen molar-refractivity contribution in [2.24, 2.45) is 0 Å². The highest BCUT2D eigenvalue weighted by atomic mass is 35.5. The Morgan fingerprint density at radius 3 is 2.43 bits per heavy atom. The lowest BCUT2D eigenvalue weighted by Crippen LogP contribution is -2.39. The average molecular weight is 225 g/mol. The standard InChI is InChI=1S/C9H16O4.ClH/c1-9(2,3)13-8(10)7-6-11-4-5-12-7;/h7H,4-6H2,1-3H3;1H. The number of carbonyl (C=O) groups is 1. The number of hydrogen-bond acceptors (Lipinski definition) is 4. The van der Waals surface area contributed by atoms with Crippen LogP contribution in [0.1, 0.15) is 20.8 Å². The van der Waals surface area contributed by atoms with E-state index in [1.165, 1.54) is 0 Å². The number of rotatable bonds is 1. The first-order valence-electron chi connectivity index (χ1n) is 4.41. The maximum Gasteiger partial charge on any atom is 0.338 e. The molecule has 1 fully saturated rings. The Bertz CT molecular complexity index is 182. The predicted octanol–water partition coefficient (Wildman–Crippen LogP) is 1.17. The quantitative estimate of drug-likeness (QED) is 0.628. The molecular formula is C9H17ClO4. The number of halogens is 1. The minimum Gasteiger partial charge on any atom is -0.458 e. The molecule has 0 aliphatic carbocycles. The van der Waals surface area contributed by atoms with E-state index in [9.17, 15) is 4.79 Å². The van der Waals surface area contributed by atoms with Crippen LogP contribution in [0, 0.1) is 0 Å². The van der Waals surface area contributed by atoms with Crippen molar-refractivity contribution in [1.29, 1.82) is 0 Å². The van der Waals surface area contributed by atoms with Crippen LogP contribution >= 0.6 is 12.4 Å². The second kappa shape index (κ2) is 5.53. The molecule has 4 nitrogen and oxygen atoms in total. The maximum absolute atomic E-state index is 11.4. The van der Waals surface area contributed by atoms with Crippen molar-refractivity contribution in [3.8, 4) is 0 Å². The Hall–Kier alpha value is -0.320. The van der Waals surface area contributed by atoms with Crippen molar-refractivity contribution in [2.45, 2.75) is 32.5 Å². The van der Waals surface area contributed by atoms with Gasteiger partial charge in [-0.25, -0.2) is 4.79 Å². The monoisotopic (exact) mass is 224 g/mol. The van der Waals surface area contributed by atoms with E-state index in [-0.39, 0.29) is 18.4 Å². The zero-order chi connectivity index (χ0) is 9.90. The van der Waals surface area contributed by atoms with Gasteiger partial charge in [-0.1, -0.05) is 0 Å². The number of hydrogen-bond donors (Lipinski definition) is 0. The molecule has 1 saturated heterocycles. The highest BCUT2D eigenvalue weighted by Gasteiger charge is 2.27. The van der Waals surface area contributed by atoms with Crippen LogP contribution < -0.4 is 0 Å². The predicted molar refractivity (Wildman–Crippen MR) is 53.7 cm³/mol. The highest BCUT2D eigenvalue weighted by Crippen LogP contribution is 2.11. The minimum atomic E-state index is -0.548. The molecule has 5 heteroatoms. The van der Waals surface area contributed by atoms with E-state index >= 15 is 0 Å². The first-order valence-corrected chi connectivity index (χ1v) is 4.41. The van der Waals surface area contributed by atoms with E-state index in [0.717, 1.165) is 0 Å². The summed E-state index contributed by atoms with van der Waals surface area (Å²) in [6, 6.07) is 0. The fraction of sp³-hybridized carbons (Fsp3) is 0.889. The van der Waals surface area contributed by atoms with E-state index < -0.39 is 11.7 Å². The maximum atomic E-state index is 11.4. The molecule has 0 amide bonds. The first-order chi connectivity index (χ1) is 5.99. The van der Waals surface area contributed by atoms with E-state index in [1.807, 2.05) is 20.8 Å². The summed E-state index contributed by atoms with van der Waals surface area (Å²) in [4.78, 5) is 11.4. The molecule has 0 aromatic heterocycles. The molecule has 0 radical (unpaired) electrons. The van der Waals surface area contributed by atoms with Gasteiger partial charge in [0, 0.05) is 0 Å². The Morgan fingerprint density at radius 1 is 1.36 bits per heavy atom. The molecule has 1 aliphatic rings. The number of ether oxygens (including phenoxy) is 3. The fourth-order valence-electron chi connectivity index (χ4n) is 0.991. The number of carbonyl (C=O) groups excluding carboxylic acids is 1. The van der Waals surface area contributed by atoms with Crippen LogP contribution in [0.3, 0.4) is 0 Å². The summed E-state index contributed by atoms with van der Waals surface area (Å²) in [5.74, 6) is -0.341. The molecule has 1 aliphatic heterocycles. The van der Waals surface area contributed by atoms with Crippen molar-refractivity contribution in [3.63, 3.8) is 0 Å². The Kier molecular flexibility index (Phi) is 5.41. The third-order valence-electron chi connectivity index (χ3n) is 1.49. The minimum absolute atomic E-state index is 0. The topological polar surface area (TPSA) is 44.8 Å². The summed E-state index contributed by atoms with van der Waals surface area (Å²) >= 11 is 0. The summed E-state index contributed by atoms with van der Waals surface area (Å²) in [5, 5.41) is 0. The summed E-state index contributed by atoms with van der Waals surface area (Å²) in [6.07, 6.45) is -0.548. The van der Waals surface area contributed by atoms with Crippen molar-refractivity contribution in [3.05, 3.63) is 0 Å². The molecule has 1 rings (SSSR count). The zero-order valence-corrected chi connectivity index (χ0v) is 9.56. The van der Waals surface area contributed by atoms with Gasteiger partial charge < -0.3 is 14.2 Å². The van der Waals surface area contributed by atoms with Crippen molar-refractivity contribution >= 4 is 18.4 Å². The van der Waals surface area contributed by atoms with E-state index in [1.54, 1.807) is 0 Å². The van der Waals surface area contributed by atoms with Gasteiger partial charge in [0.15, 0.2) is 6.10 Å². The first kappa shape index (κ1) is 13.7. The summed E-state index contributed by atoms with van der Waals surface area (Å²) in [6.45, 7) is 6.80. The van der Waals surface area contributed by atoms with E-state index in [0.29, 0.717) is 19.8 Å². The normalized spacial score (nSPS) is 22.4. The molecular weight excluding hydrogens is 208 g/mol. The van der Waals surface area contributed by atoms with Gasteiger partial charge >= 0.3 is 5.97 Å². The zero-order valence-electron chi connectivity index (χ0n) is 8.74.